The molecule has 0 saturated heterocycles. The number of hydrogen-bond acceptors (Lipinski definition) is 11. The number of rotatable bonds is 16. The summed E-state index contributed by atoms with van der Waals surface area (Å²) in [4.78, 5) is 49.9. The molecule has 0 bridgehead atoms. The van der Waals surface area contributed by atoms with Gasteiger partial charge in [0.1, 0.15) is 5.54 Å². The van der Waals surface area contributed by atoms with Crippen LogP contribution in [0.2, 0.25) is 5.02 Å². The van der Waals surface area contributed by atoms with Crippen LogP contribution in [0.15, 0.2) is 48.5 Å². The van der Waals surface area contributed by atoms with Crippen LogP contribution in [0.3, 0.4) is 0 Å². The fraction of sp³-hybridized carbons (Fsp3) is 0.438. The van der Waals surface area contributed by atoms with Crippen LogP contribution < -0.4 is 30.7 Å². The minimum atomic E-state index is -4.62. The molecule has 5 N–H and O–H groups in total. The highest BCUT2D eigenvalue weighted by molar-refractivity contribution is 7.90. The van der Waals surface area contributed by atoms with Crippen LogP contribution in [0.5, 0.6) is 6.01 Å². The predicted octanol–water partition coefficient (Wildman–Crippen LogP) is 4.32. The molecule has 3 amide bonds. The lowest BCUT2D eigenvalue weighted by Crippen LogP contribution is -2.51. The highest BCUT2D eigenvalue weighted by atomic mass is 35.5. The maximum atomic E-state index is 12.9. The zero-order valence-corrected chi connectivity index (χ0v) is 29.1. The molecular weight excluding hydrogens is 717 g/mol. The Kier molecular flexibility index (Phi) is 10.9. The van der Waals surface area contributed by atoms with Gasteiger partial charge >= 0.3 is 12.2 Å². The zero-order chi connectivity index (χ0) is 37.0. The van der Waals surface area contributed by atoms with Gasteiger partial charge in [-0.2, -0.15) is 28.1 Å². The lowest BCUT2D eigenvalue weighted by atomic mass is 10.1. The number of hydrogen-bond donors (Lipinski definition) is 5. The van der Waals surface area contributed by atoms with Crippen molar-refractivity contribution in [2.75, 3.05) is 23.8 Å². The average Bonchev–Trinajstić information content (AvgIpc) is 4.00. The number of benzene rings is 2. The molecule has 2 aliphatic rings. The van der Waals surface area contributed by atoms with E-state index in [9.17, 15) is 36.0 Å². The summed E-state index contributed by atoms with van der Waals surface area (Å²) in [5.74, 6) is -1.74. The third-order valence-corrected chi connectivity index (χ3v) is 10.1. The second-order valence-corrected chi connectivity index (χ2v) is 15.3. The molecule has 19 heteroatoms. The van der Waals surface area contributed by atoms with Crippen LogP contribution in [0, 0.1) is 0 Å². The number of nitrogens with zero attached hydrogens (tertiary/aromatic N) is 3. The summed E-state index contributed by atoms with van der Waals surface area (Å²) in [6.07, 6.45) is -2.27. The quantitative estimate of drug-likeness (QED) is 0.131. The minimum absolute atomic E-state index is 0.00329. The number of carbonyl (C=O) groups is 3. The Morgan fingerprint density at radius 1 is 0.941 bits per heavy atom. The van der Waals surface area contributed by atoms with E-state index in [1.807, 2.05) is 16.9 Å². The Morgan fingerprint density at radius 2 is 1.59 bits per heavy atom. The number of halogens is 4. The maximum absolute atomic E-state index is 12.9. The van der Waals surface area contributed by atoms with E-state index in [0.29, 0.717) is 23.6 Å². The van der Waals surface area contributed by atoms with Crippen LogP contribution in [0.25, 0.3) is 0 Å². The first kappa shape index (κ1) is 37.5. The molecular formula is C32H36ClF3N8O6S. The molecule has 2 fully saturated rings. The molecule has 0 unspecified atom stereocenters. The Balaban J connectivity index is 1.14. The van der Waals surface area contributed by atoms with Gasteiger partial charge in [0.05, 0.1) is 10.8 Å². The number of alkyl halides is 3. The van der Waals surface area contributed by atoms with Gasteiger partial charge in [-0.05, 0) is 87.9 Å². The summed E-state index contributed by atoms with van der Waals surface area (Å²) in [6, 6.07) is 12.7. The molecule has 274 valence electrons. The van der Waals surface area contributed by atoms with Gasteiger partial charge in [0, 0.05) is 29.2 Å². The van der Waals surface area contributed by atoms with E-state index in [-0.39, 0.29) is 36.8 Å². The monoisotopic (exact) mass is 752 g/mol. The lowest BCUT2D eigenvalue weighted by molar-refractivity contribution is -0.154. The number of sulfonamides is 1. The van der Waals surface area contributed by atoms with E-state index in [4.69, 9.17) is 16.3 Å². The van der Waals surface area contributed by atoms with E-state index in [1.165, 1.54) is 26.0 Å². The van der Waals surface area contributed by atoms with Crippen molar-refractivity contribution in [2.45, 2.75) is 74.9 Å². The average molecular weight is 753 g/mol. The Bertz CT molecular complexity index is 1870. The van der Waals surface area contributed by atoms with Crippen LogP contribution >= 0.6 is 11.6 Å². The van der Waals surface area contributed by atoms with Crippen molar-refractivity contribution < 1.29 is 40.7 Å². The first-order chi connectivity index (χ1) is 24.0. The Hall–Kier alpha value is -4.71. The molecule has 0 aliphatic heterocycles. The lowest BCUT2D eigenvalue weighted by Gasteiger charge is -2.19. The van der Waals surface area contributed by atoms with Gasteiger partial charge in [-0.1, -0.05) is 23.7 Å². The molecule has 2 saturated carbocycles. The highest BCUT2D eigenvalue weighted by Gasteiger charge is 2.52. The maximum Gasteiger partial charge on any atom is 0.422 e. The molecule has 0 spiro atoms. The molecule has 1 aromatic heterocycles. The summed E-state index contributed by atoms with van der Waals surface area (Å²) in [6.45, 7) is 1.41. The van der Waals surface area contributed by atoms with Crippen molar-refractivity contribution in [1.82, 2.24) is 30.3 Å². The number of ether oxygens (including phenoxy) is 1. The van der Waals surface area contributed by atoms with E-state index < -0.39 is 62.9 Å². The third kappa shape index (κ3) is 10.2. The van der Waals surface area contributed by atoms with Crippen LogP contribution in [0.1, 0.15) is 68.3 Å². The van der Waals surface area contributed by atoms with Gasteiger partial charge in [-0.3, -0.25) is 19.1 Å². The van der Waals surface area contributed by atoms with Gasteiger partial charge in [0.2, 0.25) is 27.8 Å². The normalized spacial score (nSPS) is 15.7. The van der Waals surface area contributed by atoms with E-state index in [1.54, 1.807) is 24.3 Å². The number of aromatic nitrogens is 3. The van der Waals surface area contributed by atoms with Crippen molar-refractivity contribution in [3.8, 4) is 6.01 Å². The summed E-state index contributed by atoms with van der Waals surface area (Å²) < 4.78 is 69.6. The Morgan fingerprint density at radius 3 is 2.18 bits per heavy atom. The topological polar surface area (TPSA) is 193 Å². The fourth-order valence-corrected chi connectivity index (χ4v) is 5.68. The summed E-state index contributed by atoms with van der Waals surface area (Å²) in [5, 5.41) is 11.1. The summed E-state index contributed by atoms with van der Waals surface area (Å²) in [5.41, 5.74) is -0.163. The van der Waals surface area contributed by atoms with Gasteiger partial charge in [0.15, 0.2) is 6.61 Å². The third-order valence-electron chi connectivity index (χ3n) is 8.17. The van der Waals surface area contributed by atoms with Crippen LogP contribution in [-0.2, 0) is 25.2 Å². The molecule has 1 heterocycles. The van der Waals surface area contributed by atoms with Crippen LogP contribution in [0.4, 0.5) is 30.8 Å². The molecule has 2 aliphatic carbocycles. The largest absolute Gasteiger partial charge is 0.454 e. The molecule has 5 rings (SSSR count). The van der Waals surface area contributed by atoms with Gasteiger partial charge in [-0.15, -0.1) is 0 Å². The standard InChI is InChI=1S/C32H36ClF3N8O6S/c1-19(2)51(48,49)44-26(47)31(15-16-31)42-24(45)4-3-17-37-25(46)20-5-11-23(12-6-20)38-27-39-28(41-29(40-27)50-18-32(34,35)36)43-30(13-14-30)21-7-9-22(33)10-8-21/h5-12,19H,3-4,13-18H2,1-2H3,(H,37,46)(H,42,45)(H,44,47)(H2,38,39,40,41,43). The van der Waals surface area contributed by atoms with Crippen LogP contribution in [-0.4, -0.2) is 71.2 Å². The highest BCUT2D eigenvalue weighted by Crippen LogP contribution is 2.48. The molecule has 0 radical (unpaired) electrons. The SMILES string of the molecule is CC(C)S(=O)(=O)NC(=O)C1(NC(=O)CCCNC(=O)c2ccc(Nc3nc(NC4(c5ccc(Cl)cc5)CC4)nc(OCC(F)(F)F)n3)cc2)CC1. The first-order valence-corrected chi connectivity index (χ1v) is 17.9. The summed E-state index contributed by atoms with van der Waals surface area (Å²) in [7, 11) is -3.83. The van der Waals surface area contributed by atoms with E-state index in [2.05, 4.69) is 36.2 Å². The molecule has 14 nitrogen and oxygen atoms in total. The van der Waals surface area contributed by atoms with Crippen molar-refractivity contribution >= 4 is 56.9 Å². The smallest absolute Gasteiger partial charge is 0.422 e. The number of anilines is 3. The van der Waals surface area contributed by atoms with E-state index in [0.717, 1.165) is 18.4 Å². The van der Waals surface area contributed by atoms with E-state index >= 15 is 0 Å². The molecule has 51 heavy (non-hydrogen) atoms. The summed E-state index contributed by atoms with van der Waals surface area (Å²) >= 11 is 6.02. The number of amides is 3. The van der Waals surface area contributed by atoms with Crippen molar-refractivity contribution in [3.05, 3.63) is 64.7 Å². The predicted molar refractivity (Wildman–Crippen MR) is 181 cm³/mol. The van der Waals surface area contributed by atoms with Crippen molar-refractivity contribution in [2.24, 2.45) is 0 Å². The van der Waals surface area contributed by atoms with Crippen molar-refractivity contribution in [3.63, 3.8) is 0 Å². The molecule has 3 aromatic rings. The first-order valence-electron chi connectivity index (χ1n) is 16.0. The van der Waals surface area contributed by atoms with Gasteiger partial charge in [0.25, 0.3) is 11.8 Å². The molecule has 2 aromatic carbocycles. The second kappa shape index (κ2) is 14.9. The molecule has 0 atom stereocenters. The minimum Gasteiger partial charge on any atom is -0.454 e. The zero-order valence-electron chi connectivity index (χ0n) is 27.6. The Labute approximate surface area is 296 Å². The second-order valence-electron chi connectivity index (χ2n) is 12.6. The number of nitrogens with one attached hydrogen (secondary N) is 5. The fourth-order valence-electron chi connectivity index (χ4n) is 4.87. The number of carbonyl (C=O) groups excluding carboxylic acids is 3. The van der Waals surface area contributed by atoms with Gasteiger partial charge in [-0.25, -0.2) is 8.42 Å². The van der Waals surface area contributed by atoms with Crippen molar-refractivity contribution in [1.29, 1.82) is 0 Å². The van der Waals surface area contributed by atoms with Gasteiger partial charge < -0.3 is 26.0 Å².